The third-order valence-electron chi connectivity index (χ3n) is 11.3. The number of hydrogen-bond acceptors (Lipinski definition) is 11. The number of nitrogens with one attached hydrogen (secondary N) is 3. The number of ether oxygens (including phenoxy) is 3. The molecule has 57 heavy (non-hydrogen) atoms. The van der Waals surface area contributed by atoms with Crippen LogP contribution < -0.4 is 24.8 Å². The molecule has 1 aromatic carbocycles. The van der Waals surface area contributed by atoms with Crippen LogP contribution in [0.1, 0.15) is 79.1 Å². The van der Waals surface area contributed by atoms with Gasteiger partial charge in [0.15, 0.2) is 0 Å². The molecule has 0 radical (unpaired) electrons. The molecule has 19 heteroatoms. The van der Waals surface area contributed by atoms with Crippen LogP contribution in [0.3, 0.4) is 0 Å². The Morgan fingerprint density at radius 3 is 2.53 bits per heavy atom. The van der Waals surface area contributed by atoms with Gasteiger partial charge >= 0.3 is 18.3 Å². The number of hydrogen-bond donors (Lipinski definition) is 3. The van der Waals surface area contributed by atoms with Gasteiger partial charge in [0, 0.05) is 30.0 Å². The second-order valence-corrected chi connectivity index (χ2v) is 18.0. The van der Waals surface area contributed by atoms with Gasteiger partial charge in [-0.25, -0.2) is 18.2 Å². The van der Waals surface area contributed by atoms with Crippen LogP contribution >= 0.6 is 0 Å². The Kier molecular flexibility index (Phi) is 11.7. The predicted octanol–water partition coefficient (Wildman–Crippen LogP) is 4.31. The Labute approximate surface area is 328 Å². The molecule has 15 nitrogen and oxygen atoms in total. The lowest BCUT2D eigenvalue weighted by Crippen LogP contribution is -2.59. The zero-order valence-electron chi connectivity index (χ0n) is 32.4. The summed E-state index contributed by atoms with van der Waals surface area (Å²) in [5, 5.41) is 5.17. The Balaban J connectivity index is 1.35. The molecule has 3 fully saturated rings. The molecular weight excluding hydrogens is 774 g/mol. The van der Waals surface area contributed by atoms with Gasteiger partial charge in [0.2, 0.25) is 27.4 Å². The van der Waals surface area contributed by atoms with Crippen molar-refractivity contribution in [2.75, 3.05) is 13.7 Å². The Morgan fingerprint density at radius 1 is 1.12 bits per heavy atom. The smallest absolute Gasteiger partial charge is 0.427 e. The maximum atomic E-state index is 14.8. The zero-order valence-corrected chi connectivity index (χ0v) is 33.2. The molecular formula is C38H49F3N6O9S. The number of rotatable bonds is 9. The third-order valence-corrected chi connectivity index (χ3v) is 13.1. The molecule has 0 spiro atoms. The summed E-state index contributed by atoms with van der Waals surface area (Å²) in [5.41, 5.74) is -4.03. The number of nitrogens with zero attached hydrogens (tertiary/aromatic N) is 3. The quantitative estimate of drug-likeness (QED) is 0.305. The Hall–Kier alpha value is -4.68. The average Bonchev–Trinajstić information content (AvgIpc) is 4.07. The number of sulfonamides is 1. The summed E-state index contributed by atoms with van der Waals surface area (Å²) in [7, 11) is -2.48. The van der Waals surface area contributed by atoms with Crippen molar-refractivity contribution in [2.45, 2.75) is 120 Å². The molecule has 7 atom stereocenters. The lowest BCUT2D eigenvalue weighted by molar-refractivity contribution is -0.244. The van der Waals surface area contributed by atoms with E-state index in [1.807, 2.05) is 13.0 Å². The van der Waals surface area contributed by atoms with Crippen LogP contribution in [0, 0.1) is 17.8 Å². The average molecular weight is 823 g/mol. The number of benzene rings is 1. The Bertz CT molecular complexity index is 2030. The van der Waals surface area contributed by atoms with Gasteiger partial charge in [-0.15, -0.1) is 0 Å². The minimum atomic E-state index is -4.91. The number of fused-ring (bicyclic) bond motifs is 3. The second kappa shape index (κ2) is 15.9. The lowest BCUT2D eigenvalue weighted by atomic mass is 9.85. The molecule has 4 aliphatic rings. The summed E-state index contributed by atoms with van der Waals surface area (Å²) < 4.78 is 85.4. The number of amides is 4. The molecule has 0 bridgehead atoms. The maximum absolute atomic E-state index is 14.8. The number of halogens is 3. The molecule has 2 aliphatic carbocycles. The van der Waals surface area contributed by atoms with Crippen LogP contribution in [0.2, 0.25) is 0 Å². The van der Waals surface area contributed by atoms with E-state index in [0.717, 1.165) is 0 Å². The Morgan fingerprint density at radius 2 is 1.86 bits per heavy atom. The van der Waals surface area contributed by atoms with E-state index in [-0.39, 0.29) is 31.3 Å². The van der Waals surface area contributed by atoms with Crippen molar-refractivity contribution in [3.8, 4) is 11.8 Å². The first-order chi connectivity index (χ1) is 26.8. The number of alkyl carbamates (subject to hydrolysis) is 1. The molecule has 1 unspecified atom stereocenters. The number of methoxy groups -OCH3 is 1. The molecule has 4 amide bonds. The summed E-state index contributed by atoms with van der Waals surface area (Å²) in [6.45, 7) is 4.89. The summed E-state index contributed by atoms with van der Waals surface area (Å²) in [6, 6.07) is 2.34. The standard InChI is InChI=1S/C38H49F3N6O9S/c1-6-22-15-21(2)9-7-8-10-24-18-37(24,33(50)46-57(52,53)27-13-14-27)45-31(48)29-17-26(55-34-42-19-23-11-12-25(54-5)16-28(23)43-34)20-47(29)32(49)30(22)44-35(51)56-36(3,4)38(39,40)41/h8,10-12,16,19,21-22,24,26-27,29-30H,6-7,9,13-15,17-18,20H2,1-5H3,(H,44,51)(H,45,48)(H,46,50)/b10-8-/t21-,22-,24?,26-,29+,30+,37-/m1/s1. The van der Waals surface area contributed by atoms with Crippen molar-refractivity contribution < 1.29 is 55.0 Å². The first-order valence-corrected chi connectivity index (χ1v) is 20.7. The fourth-order valence-electron chi connectivity index (χ4n) is 7.48. The van der Waals surface area contributed by atoms with E-state index < -0.39 is 86.4 Å². The maximum Gasteiger partial charge on any atom is 0.427 e. The van der Waals surface area contributed by atoms with Gasteiger partial charge in [0.25, 0.3) is 5.91 Å². The van der Waals surface area contributed by atoms with Crippen molar-refractivity contribution >= 4 is 44.7 Å². The van der Waals surface area contributed by atoms with E-state index in [2.05, 4.69) is 25.3 Å². The largest absolute Gasteiger partial charge is 0.497 e. The summed E-state index contributed by atoms with van der Waals surface area (Å²) in [5.74, 6) is -3.09. The molecule has 2 aliphatic heterocycles. The van der Waals surface area contributed by atoms with Gasteiger partial charge in [-0.2, -0.15) is 18.2 Å². The van der Waals surface area contributed by atoms with Crippen LogP contribution in [-0.4, -0.2) is 102 Å². The first kappa shape index (κ1) is 41.9. The van der Waals surface area contributed by atoms with Gasteiger partial charge < -0.3 is 29.7 Å². The van der Waals surface area contributed by atoms with Crippen LogP contribution in [0.5, 0.6) is 11.8 Å². The summed E-state index contributed by atoms with van der Waals surface area (Å²) in [4.78, 5) is 66.1. The molecule has 6 rings (SSSR count). The zero-order chi connectivity index (χ0) is 41.5. The third kappa shape index (κ3) is 9.23. The van der Waals surface area contributed by atoms with Crippen LogP contribution in [0.15, 0.2) is 36.5 Å². The van der Waals surface area contributed by atoms with E-state index in [1.54, 1.807) is 31.2 Å². The first-order valence-electron chi connectivity index (χ1n) is 19.2. The van der Waals surface area contributed by atoms with E-state index in [0.29, 0.717) is 69.0 Å². The van der Waals surface area contributed by atoms with Crippen LogP contribution in [0.4, 0.5) is 18.0 Å². The van der Waals surface area contributed by atoms with Crippen molar-refractivity contribution in [1.29, 1.82) is 0 Å². The number of allylic oxidation sites excluding steroid dienone is 1. The highest BCUT2D eigenvalue weighted by molar-refractivity contribution is 7.91. The molecule has 1 saturated heterocycles. The molecule has 1 aromatic heterocycles. The van der Waals surface area contributed by atoms with Crippen molar-refractivity contribution in [2.24, 2.45) is 17.8 Å². The monoisotopic (exact) mass is 822 g/mol. The normalized spacial score (nSPS) is 29.2. The van der Waals surface area contributed by atoms with E-state index >= 15 is 0 Å². The highest BCUT2D eigenvalue weighted by atomic mass is 32.2. The van der Waals surface area contributed by atoms with Crippen molar-refractivity contribution in [1.82, 2.24) is 30.2 Å². The van der Waals surface area contributed by atoms with Crippen LogP contribution in [-0.2, 0) is 29.1 Å². The van der Waals surface area contributed by atoms with E-state index in [1.165, 1.54) is 18.2 Å². The van der Waals surface area contributed by atoms with Crippen molar-refractivity contribution in [3.05, 3.63) is 36.5 Å². The molecule has 3 heterocycles. The fourth-order valence-corrected chi connectivity index (χ4v) is 8.85. The predicted molar refractivity (Wildman–Crippen MR) is 199 cm³/mol. The number of carbonyl (C=O) groups excluding carboxylic acids is 4. The van der Waals surface area contributed by atoms with E-state index in [9.17, 15) is 40.8 Å². The van der Waals surface area contributed by atoms with Gasteiger partial charge in [-0.3, -0.25) is 19.1 Å². The molecule has 2 aromatic rings. The molecule has 2 saturated carbocycles. The topological polar surface area (TPSA) is 195 Å². The van der Waals surface area contributed by atoms with Gasteiger partial charge in [-0.1, -0.05) is 32.4 Å². The highest BCUT2D eigenvalue weighted by Gasteiger charge is 2.62. The van der Waals surface area contributed by atoms with Crippen LogP contribution in [0.25, 0.3) is 10.9 Å². The van der Waals surface area contributed by atoms with Crippen molar-refractivity contribution in [3.63, 3.8) is 0 Å². The van der Waals surface area contributed by atoms with Gasteiger partial charge in [0.05, 0.1) is 24.4 Å². The van der Waals surface area contributed by atoms with E-state index in [4.69, 9.17) is 14.2 Å². The minimum Gasteiger partial charge on any atom is -0.497 e. The minimum absolute atomic E-state index is 0.0331. The number of alkyl halides is 3. The number of carbonyl (C=O) groups is 4. The molecule has 3 N–H and O–H groups in total. The highest BCUT2D eigenvalue weighted by Crippen LogP contribution is 2.46. The SMILES string of the molecule is CC[C@@H]1C[C@H](C)CC/C=C\C2C[C@@]2(C(=O)NS(=O)(=O)C2CC2)NC(=O)[C@@H]2C[C@@H](Oc3ncc4ccc(OC)cc4n3)CN2C(=O)[C@H]1NC(=O)OC(C)(C)C(F)(F)F. The van der Waals surface area contributed by atoms with Gasteiger partial charge in [0.1, 0.15) is 29.5 Å². The number of aromatic nitrogens is 2. The molecule has 312 valence electrons. The lowest BCUT2D eigenvalue weighted by Gasteiger charge is -2.35. The second-order valence-electron chi connectivity index (χ2n) is 16.0. The fraction of sp³-hybridized carbons (Fsp3) is 0.632. The van der Waals surface area contributed by atoms with Gasteiger partial charge in [-0.05, 0) is 76.3 Å². The summed E-state index contributed by atoms with van der Waals surface area (Å²) in [6.07, 6.45) is 0.561. The summed E-state index contributed by atoms with van der Waals surface area (Å²) >= 11 is 0.